The molecule has 0 fully saturated rings. The van der Waals surface area contributed by atoms with Crippen LogP contribution in [0.25, 0.3) is 0 Å². The van der Waals surface area contributed by atoms with Gasteiger partial charge in [-0.05, 0) is 36.2 Å². The molecular formula is C16H14ClNO3. The number of benzene rings is 2. The molecule has 5 heteroatoms. The van der Waals surface area contributed by atoms with E-state index >= 15 is 0 Å². The zero-order valence-corrected chi connectivity index (χ0v) is 12.1. The van der Waals surface area contributed by atoms with Crippen molar-refractivity contribution in [1.29, 1.82) is 0 Å². The van der Waals surface area contributed by atoms with Crippen molar-refractivity contribution in [1.82, 2.24) is 5.32 Å². The summed E-state index contributed by atoms with van der Waals surface area (Å²) >= 11 is 5.91. The van der Waals surface area contributed by atoms with E-state index in [9.17, 15) is 14.7 Å². The summed E-state index contributed by atoms with van der Waals surface area (Å²) in [6.45, 7) is 1.81. The fraction of sp³-hybridized carbons (Fsp3) is 0.125. The summed E-state index contributed by atoms with van der Waals surface area (Å²) < 4.78 is 0. The number of rotatable bonds is 4. The van der Waals surface area contributed by atoms with E-state index in [2.05, 4.69) is 5.32 Å². The van der Waals surface area contributed by atoms with Crippen molar-refractivity contribution in [3.63, 3.8) is 0 Å². The lowest BCUT2D eigenvalue weighted by atomic mass is 10.1. The van der Waals surface area contributed by atoms with Gasteiger partial charge < -0.3 is 10.4 Å². The number of hydrogen-bond acceptors (Lipinski definition) is 2. The molecule has 0 saturated carbocycles. The molecule has 0 bridgehead atoms. The van der Waals surface area contributed by atoms with Gasteiger partial charge in [0, 0.05) is 10.6 Å². The topological polar surface area (TPSA) is 66.4 Å². The molecule has 1 amide bonds. The first-order valence-electron chi connectivity index (χ1n) is 6.33. The maximum absolute atomic E-state index is 12.2. The van der Waals surface area contributed by atoms with Crippen LogP contribution in [0.2, 0.25) is 5.02 Å². The molecule has 2 N–H and O–H groups in total. The van der Waals surface area contributed by atoms with Crippen LogP contribution >= 0.6 is 11.6 Å². The number of carboxylic acids is 1. The van der Waals surface area contributed by atoms with Crippen LogP contribution in [0.1, 0.15) is 27.5 Å². The predicted molar refractivity (Wildman–Crippen MR) is 80.5 cm³/mol. The van der Waals surface area contributed by atoms with Crippen LogP contribution in [0.5, 0.6) is 0 Å². The molecule has 1 atom stereocenters. The van der Waals surface area contributed by atoms with E-state index in [1.165, 1.54) is 6.07 Å². The van der Waals surface area contributed by atoms with Gasteiger partial charge in [-0.15, -0.1) is 0 Å². The number of amides is 1. The van der Waals surface area contributed by atoms with Gasteiger partial charge in [0.25, 0.3) is 5.91 Å². The van der Waals surface area contributed by atoms with E-state index in [0.717, 1.165) is 5.56 Å². The van der Waals surface area contributed by atoms with Crippen molar-refractivity contribution in [2.45, 2.75) is 13.0 Å². The normalized spacial score (nSPS) is 11.7. The highest BCUT2D eigenvalue weighted by Gasteiger charge is 2.22. The number of carbonyl (C=O) groups excluding carboxylic acids is 1. The Morgan fingerprint density at radius 2 is 1.81 bits per heavy atom. The number of nitrogens with one attached hydrogen (secondary N) is 1. The molecule has 0 spiro atoms. The van der Waals surface area contributed by atoms with Crippen molar-refractivity contribution >= 4 is 23.5 Å². The lowest BCUT2D eigenvalue weighted by Crippen LogP contribution is -2.33. The van der Waals surface area contributed by atoms with Gasteiger partial charge in [0.1, 0.15) is 0 Å². The molecule has 0 aliphatic heterocycles. The SMILES string of the molecule is Cc1cc(Cl)cc(C(=O)N[C@@H](C(=O)O)c2ccccc2)c1. The van der Waals surface area contributed by atoms with Gasteiger partial charge in [0.15, 0.2) is 6.04 Å². The van der Waals surface area contributed by atoms with Gasteiger partial charge in [0.05, 0.1) is 0 Å². The average molecular weight is 304 g/mol. The third kappa shape index (κ3) is 3.83. The second-order valence-corrected chi connectivity index (χ2v) is 5.11. The van der Waals surface area contributed by atoms with Crippen LogP contribution in [0.15, 0.2) is 48.5 Å². The van der Waals surface area contributed by atoms with E-state index in [4.69, 9.17) is 11.6 Å². The molecule has 0 heterocycles. The highest BCUT2D eigenvalue weighted by atomic mass is 35.5. The number of hydrogen-bond donors (Lipinski definition) is 2. The highest BCUT2D eigenvalue weighted by Crippen LogP contribution is 2.17. The van der Waals surface area contributed by atoms with Crippen molar-refractivity contribution in [3.8, 4) is 0 Å². The van der Waals surface area contributed by atoms with Crippen LogP contribution < -0.4 is 5.32 Å². The minimum absolute atomic E-state index is 0.335. The predicted octanol–water partition coefficient (Wildman–Crippen LogP) is 3.20. The second kappa shape index (κ2) is 6.41. The van der Waals surface area contributed by atoms with Gasteiger partial charge in [0.2, 0.25) is 0 Å². The van der Waals surface area contributed by atoms with Crippen molar-refractivity contribution in [3.05, 3.63) is 70.2 Å². The van der Waals surface area contributed by atoms with E-state index in [-0.39, 0.29) is 0 Å². The number of aliphatic carboxylic acids is 1. The first kappa shape index (κ1) is 15.1. The second-order valence-electron chi connectivity index (χ2n) is 4.67. The first-order chi connectivity index (χ1) is 9.97. The van der Waals surface area contributed by atoms with Gasteiger partial charge in [-0.25, -0.2) is 4.79 Å². The average Bonchev–Trinajstić information content (AvgIpc) is 2.44. The third-order valence-corrected chi connectivity index (χ3v) is 3.18. The molecule has 0 saturated heterocycles. The zero-order valence-electron chi connectivity index (χ0n) is 11.3. The third-order valence-electron chi connectivity index (χ3n) is 2.96. The highest BCUT2D eigenvalue weighted by molar-refractivity contribution is 6.31. The molecule has 2 aromatic carbocycles. The summed E-state index contributed by atoms with van der Waals surface area (Å²) in [6, 6.07) is 12.3. The maximum atomic E-state index is 12.2. The zero-order chi connectivity index (χ0) is 15.4. The summed E-state index contributed by atoms with van der Waals surface area (Å²) in [5.41, 5.74) is 1.68. The number of carbonyl (C=O) groups is 2. The van der Waals surface area contributed by atoms with Gasteiger partial charge in [-0.1, -0.05) is 41.9 Å². The van der Waals surface area contributed by atoms with Crippen molar-refractivity contribution in [2.75, 3.05) is 0 Å². The van der Waals surface area contributed by atoms with E-state index < -0.39 is 17.9 Å². The molecule has 0 aromatic heterocycles. The lowest BCUT2D eigenvalue weighted by Gasteiger charge is -2.15. The standard InChI is InChI=1S/C16H14ClNO3/c1-10-7-12(9-13(17)8-10)15(19)18-14(16(20)21)11-5-3-2-4-6-11/h2-9,14H,1H3,(H,18,19)(H,20,21)/t14-/m1/s1. The Hall–Kier alpha value is -2.33. The largest absolute Gasteiger partial charge is 0.479 e. The van der Waals surface area contributed by atoms with Gasteiger partial charge >= 0.3 is 5.97 Å². The Kier molecular flexibility index (Phi) is 4.60. The van der Waals surface area contributed by atoms with Crippen LogP contribution in [-0.2, 0) is 4.79 Å². The number of carboxylic acid groups (broad SMARTS) is 1. The Bertz CT molecular complexity index is 650. The number of aryl methyl sites for hydroxylation is 1. The quantitative estimate of drug-likeness (QED) is 0.911. The van der Waals surface area contributed by atoms with Crippen LogP contribution in [-0.4, -0.2) is 17.0 Å². The fourth-order valence-electron chi connectivity index (χ4n) is 2.01. The fourth-order valence-corrected chi connectivity index (χ4v) is 2.30. The van der Waals surface area contributed by atoms with Gasteiger partial charge in [-0.3, -0.25) is 4.79 Å². The summed E-state index contributed by atoms with van der Waals surface area (Å²) in [4.78, 5) is 23.6. The summed E-state index contributed by atoms with van der Waals surface area (Å²) in [7, 11) is 0. The van der Waals surface area contributed by atoms with E-state index in [1.807, 2.05) is 6.92 Å². The first-order valence-corrected chi connectivity index (χ1v) is 6.71. The molecule has 2 rings (SSSR count). The molecule has 21 heavy (non-hydrogen) atoms. The molecule has 4 nitrogen and oxygen atoms in total. The van der Waals surface area contributed by atoms with Crippen LogP contribution in [0.3, 0.4) is 0 Å². The molecule has 0 aliphatic carbocycles. The molecule has 2 aromatic rings. The summed E-state index contributed by atoms with van der Waals surface area (Å²) in [6.07, 6.45) is 0. The summed E-state index contributed by atoms with van der Waals surface area (Å²) in [5.74, 6) is -1.59. The molecule has 0 aliphatic rings. The monoisotopic (exact) mass is 303 g/mol. The minimum Gasteiger partial charge on any atom is -0.479 e. The van der Waals surface area contributed by atoms with Crippen molar-refractivity contribution in [2.24, 2.45) is 0 Å². The van der Waals surface area contributed by atoms with Gasteiger partial charge in [-0.2, -0.15) is 0 Å². The lowest BCUT2D eigenvalue weighted by molar-refractivity contribution is -0.139. The number of halogens is 1. The summed E-state index contributed by atoms with van der Waals surface area (Å²) in [5, 5.41) is 12.2. The smallest absolute Gasteiger partial charge is 0.330 e. The Labute approximate surface area is 127 Å². The molecule has 0 radical (unpaired) electrons. The van der Waals surface area contributed by atoms with E-state index in [1.54, 1.807) is 42.5 Å². The van der Waals surface area contributed by atoms with Crippen molar-refractivity contribution < 1.29 is 14.7 Å². The minimum atomic E-state index is -1.12. The Morgan fingerprint density at radius 1 is 1.14 bits per heavy atom. The van der Waals surface area contributed by atoms with E-state index in [0.29, 0.717) is 16.1 Å². The molecular weight excluding hydrogens is 290 g/mol. The maximum Gasteiger partial charge on any atom is 0.330 e. The Balaban J connectivity index is 2.25. The van der Waals surface area contributed by atoms with Crippen LogP contribution in [0.4, 0.5) is 0 Å². The Morgan fingerprint density at radius 3 is 2.38 bits per heavy atom. The van der Waals surface area contributed by atoms with Crippen LogP contribution in [0, 0.1) is 6.92 Å². The molecule has 108 valence electrons. The molecule has 0 unspecified atom stereocenters.